The van der Waals surface area contributed by atoms with Crippen molar-refractivity contribution in [1.82, 2.24) is 10.2 Å². The van der Waals surface area contributed by atoms with Crippen LogP contribution in [0.1, 0.15) is 26.3 Å². The molecule has 0 aliphatic rings. The number of benzene rings is 1. The molecule has 0 aliphatic heterocycles. The van der Waals surface area contributed by atoms with Crippen molar-refractivity contribution in [3.63, 3.8) is 0 Å². The van der Waals surface area contributed by atoms with Gasteiger partial charge < -0.3 is 11.1 Å². The van der Waals surface area contributed by atoms with E-state index in [1.54, 1.807) is 12.1 Å². The van der Waals surface area contributed by atoms with Crippen molar-refractivity contribution in [2.45, 2.75) is 33.4 Å². The number of nitrogens with one attached hydrogen (secondary N) is 1. The second-order valence-electron chi connectivity index (χ2n) is 4.87. The average Bonchev–Trinajstić information content (AvgIpc) is 2.31. The van der Waals surface area contributed by atoms with Gasteiger partial charge in [-0.15, -0.1) is 0 Å². The minimum absolute atomic E-state index is 0.0254. The third-order valence-corrected chi connectivity index (χ3v) is 3.00. The number of amides is 1. The monoisotopic (exact) mass is 283 g/mol. The highest BCUT2D eigenvalue weighted by molar-refractivity contribution is 6.30. The standard InChI is InChI=1S/C14H22ClN3O/c1-4-18(9-14(19)17-10(2)3)8-11-7-12(15)5-6-13(11)16/h5-7,10H,4,8-9,16H2,1-3H3,(H,17,19). The van der Waals surface area contributed by atoms with Crippen LogP contribution in [0.4, 0.5) is 5.69 Å². The average molecular weight is 284 g/mol. The molecule has 0 saturated carbocycles. The Morgan fingerprint density at radius 3 is 2.74 bits per heavy atom. The number of nitrogen functional groups attached to an aromatic ring is 1. The van der Waals surface area contributed by atoms with E-state index in [2.05, 4.69) is 5.32 Å². The molecule has 0 unspecified atom stereocenters. The largest absolute Gasteiger partial charge is 0.398 e. The van der Waals surface area contributed by atoms with Gasteiger partial charge in [0.1, 0.15) is 0 Å². The summed E-state index contributed by atoms with van der Waals surface area (Å²) >= 11 is 5.96. The third-order valence-electron chi connectivity index (χ3n) is 2.76. The second kappa shape index (κ2) is 7.36. The maximum atomic E-state index is 11.8. The van der Waals surface area contributed by atoms with E-state index in [1.165, 1.54) is 0 Å². The lowest BCUT2D eigenvalue weighted by Gasteiger charge is -2.21. The fraction of sp³-hybridized carbons (Fsp3) is 0.500. The first-order valence-corrected chi connectivity index (χ1v) is 6.85. The van der Waals surface area contributed by atoms with E-state index in [1.807, 2.05) is 31.7 Å². The molecule has 0 aliphatic carbocycles. The Labute approximate surface area is 119 Å². The molecule has 0 saturated heterocycles. The van der Waals surface area contributed by atoms with E-state index in [0.29, 0.717) is 23.8 Å². The molecular formula is C14H22ClN3O. The van der Waals surface area contributed by atoms with Crippen LogP contribution < -0.4 is 11.1 Å². The SMILES string of the molecule is CCN(CC(=O)NC(C)C)Cc1cc(Cl)ccc1N. The first kappa shape index (κ1) is 15.8. The van der Waals surface area contributed by atoms with Gasteiger partial charge in [0, 0.05) is 23.3 Å². The molecule has 106 valence electrons. The second-order valence-corrected chi connectivity index (χ2v) is 5.31. The van der Waals surface area contributed by atoms with Crippen molar-refractivity contribution in [1.29, 1.82) is 0 Å². The third kappa shape index (κ3) is 5.49. The van der Waals surface area contributed by atoms with Crippen LogP contribution in [0.25, 0.3) is 0 Å². The first-order valence-electron chi connectivity index (χ1n) is 6.48. The van der Waals surface area contributed by atoms with Crippen LogP contribution in [0, 0.1) is 0 Å². The molecular weight excluding hydrogens is 262 g/mol. The van der Waals surface area contributed by atoms with Crippen LogP contribution in [-0.2, 0) is 11.3 Å². The van der Waals surface area contributed by atoms with Crippen LogP contribution >= 0.6 is 11.6 Å². The summed E-state index contributed by atoms with van der Waals surface area (Å²) in [6.07, 6.45) is 0. The number of hydrogen-bond acceptors (Lipinski definition) is 3. The number of anilines is 1. The number of nitrogens with two attached hydrogens (primary N) is 1. The molecule has 1 aromatic carbocycles. The Balaban J connectivity index is 2.66. The fourth-order valence-electron chi connectivity index (χ4n) is 1.80. The summed E-state index contributed by atoms with van der Waals surface area (Å²) in [7, 11) is 0. The Morgan fingerprint density at radius 1 is 1.47 bits per heavy atom. The number of halogens is 1. The fourth-order valence-corrected chi connectivity index (χ4v) is 2.00. The number of likely N-dealkylation sites (N-methyl/N-ethyl adjacent to an activating group) is 1. The summed E-state index contributed by atoms with van der Waals surface area (Å²) in [6.45, 7) is 7.67. The smallest absolute Gasteiger partial charge is 0.234 e. The summed E-state index contributed by atoms with van der Waals surface area (Å²) in [5.74, 6) is 0.0254. The van der Waals surface area contributed by atoms with Gasteiger partial charge in [-0.1, -0.05) is 18.5 Å². The zero-order chi connectivity index (χ0) is 14.4. The van der Waals surface area contributed by atoms with Crippen LogP contribution in [-0.4, -0.2) is 29.9 Å². The van der Waals surface area contributed by atoms with Gasteiger partial charge in [0.2, 0.25) is 5.91 Å². The van der Waals surface area contributed by atoms with Crippen LogP contribution in [0.5, 0.6) is 0 Å². The zero-order valence-electron chi connectivity index (χ0n) is 11.7. The molecule has 3 N–H and O–H groups in total. The summed E-state index contributed by atoms with van der Waals surface area (Å²) in [4.78, 5) is 13.8. The summed E-state index contributed by atoms with van der Waals surface area (Å²) < 4.78 is 0. The molecule has 0 atom stereocenters. The Kier molecular flexibility index (Phi) is 6.12. The van der Waals surface area contributed by atoms with Gasteiger partial charge in [-0.3, -0.25) is 9.69 Å². The van der Waals surface area contributed by atoms with Crippen molar-refractivity contribution < 1.29 is 4.79 Å². The summed E-state index contributed by atoms with van der Waals surface area (Å²) in [5.41, 5.74) is 7.57. The molecule has 5 heteroatoms. The molecule has 1 rings (SSSR count). The van der Waals surface area contributed by atoms with Crippen LogP contribution in [0.2, 0.25) is 5.02 Å². The van der Waals surface area contributed by atoms with E-state index in [-0.39, 0.29) is 11.9 Å². The van der Waals surface area contributed by atoms with E-state index in [9.17, 15) is 4.79 Å². The normalized spacial score (nSPS) is 11.1. The van der Waals surface area contributed by atoms with Gasteiger partial charge in [-0.25, -0.2) is 0 Å². The van der Waals surface area contributed by atoms with E-state index in [4.69, 9.17) is 17.3 Å². The van der Waals surface area contributed by atoms with Gasteiger partial charge in [0.25, 0.3) is 0 Å². The van der Waals surface area contributed by atoms with Gasteiger partial charge in [0.15, 0.2) is 0 Å². The lowest BCUT2D eigenvalue weighted by molar-refractivity contribution is -0.122. The van der Waals surface area contributed by atoms with Crippen molar-refractivity contribution in [2.24, 2.45) is 0 Å². The molecule has 0 aromatic heterocycles. The first-order chi connectivity index (χ1) is 8.92. The van der Waals surface area contributed by atoms with E-state index >= 15 is 0 Å². The van der Waals surface area contributed by atoms with E-state index < -0.39 is 0 Å². The molecule has 0 bridgehead atoms. The van der Waals surface area contributed by atoms with Gasteiger partial charge in [0.05, 0.1) is 6.54 Å². The summed E-state index contributed by atoms with van der Waals surface area (Å²) in [5, 5.41) is 3.54. The lowest BCUT2D eigenvalue weighted by Crippen LogP contribution is -2.39. The minimum Gasteiger partial charge on any atom is -0.398 e. The Bertz CT molecular complexity index is 435. The van der Waals surface area contributed by atoms with Crippen LogP contribution in [0.15, 0.2) is 18.2 Å². The van der Waals surface area contributed by atoms with Gasteiger partial charge in [-0.2, -0.15) is 0 Å². The summed E-state index contributed by atoms with van der Waals surface area (Å²) in [6, 6.07) is 5.56. The number of nitrogens with zero attached hydrogens (tertiary/aromatic N) is 1. The van der Waals surface area contributed by atoms with Crippen molar-refractivity contribution in [2.75, 3.05) is 18.8 Å². The molecule has 0 radical (unpaired) electrons. The highest BCUT2D eigenvalue weighted by Gasteiger charge is 2.12. The Hall–Kier alpha value is -1.26. The Morgan fingerprint density at radius 2 is 2.16 bits per heavy atom. The lowest BCUT2D eigenvalue weighted by atomic mass is 10.1. The zero-order valence-corrected chi connectivity index (χ0v) is 12.5. The molecule has 0 heterocycles. The molecule has 19 heavy (non-hydrogen) atoms. The van der Waals surface area contributed by atoms with Gasteiger partial charge >= 0.3 is 0 Å². The van der Waals surface area contributed by atoms with Gasteiger partial charge in [-0.05, 0) is 44.2 Å². The highest BCUT2D eigenvalue weighted by Crippen LogP contribution is 2.19. The number of hydrogen-bond donors (Lipinski definition) is 2. The maximum absolute atomic E-state index is 11.8. The quantitative estimate of drug-likeness (QED) is 0.788. The predicted octanol–water partition coefficient (Wildman–Crippen LogP) is 2.27. The number of rotatable bonds is 6. The molecule has 1 aromatic rings. The minimum atomic E-state index is 0.0254. The highest BCUT2D eigenvalue weighted by atomic mass is 35.5. The van der Waals surface area contributed by atoms with Crippen molar-refractivity contribution in [3.05, 3.63) is 28.8 Å². The molecule has 0 spiro atoms. The molecule has 0 fully saturated rings. The van der Waals surface area contributed by atoms with Crippen LogP contribution in [0.3, 0.4) is 0 Å². The molecule has 1 amide bonds. The van der Waals surface area contributed by atoms with Crippen molar-refractivity contribution in [3.8, 4) is 0 Å². The topological polar surface area (TPSA) is 58.4 Å². The van der Waals surface area contributed by atoms with E-state index in [0.717, 1.165) is 12.1 Å². The molecule has 4 nitrogen and oxygen atoms in total. The predicted molar refractivity (Wildman–Crippen MR) is 80.1 cm³/mol. The maximum Gasteiger partial charge on any atom is 0.234 e. The number of carbonyl (C=O) groups excluding carboxylic acids is 1. The number of carbonyl (C=O) groups is 1. The van der Waals surface area contributed by atoms with Crippen molar-refractivity contribution >= 4 is 23.2 Å².